The Balaban J connectivity index is 1.41. The molecule has 4 heteroatoms. The lowest BCUT2D eigenvalue weighted by Crippen LogP contribution is -2.47. The molecule has 0 spiro atoms. The predicted molar refractivity (Wildman–Crippen MR) is 135 cm³/mol. The molecule has 1 aromatic rings. The fraction of sp³-hybridized carbons (Fsp3) is 0.786. The summed E-state index contributed by atoms with van der Waals surface area (Å²) in [6.07, 6.45) is 6.86. The van der Waals surface area contributed by atoms with E-state index in [1.54, 1.807) is 5.56 Å². The number of piperazine rings is 1. The Morgan fingerprint density at radius 3 is 2.12 bits per heavy atom. The van der Waals surface area contributed by atoms with E-state index in [1.165, 1.54) is 76.2 Å². The average Bonchev–Trinajstić information content (AvgIpc) is 3.56. The van der Waals surface area contributed by atoms with Gasteiger partial charge in [-0.2, -0.15) is 0 Å². The molecule has 5 rings (SSSR count). The van der Waals surface area contributed by atoms with Crippen molar-refractivity contribution in [3.63, 3.8) is 0 Å². The molecule has 2 saturated carbocycles. The Morgan fingerprint density at radius 1 is 0.844 bits per heavy atom. The maximum absolute atomic E-state index is 5.62. The number of morpholine rings is 1. The van der Waals surface area contributed by atoms with Gasteiger partial charge in [-0.05, 0) is 72.5 Å². The van der Waals surface area contributed by atoms with E-state index in [9.17, 15) is 0 Å². The molecule has 2 heterocycles. The molecule has 4 nitrogen and oxygen atoms in total. The summed E-state index contributed by atoms with van der Waals surface area (Å²) in [5.74, 6) is 1.65. The molecule has 178 valence electrons. The third kappa shape index (κ3) is 5.28. The first-order chi connectivity index (χ1) is 15.3. The molecular formula is C28H45N3O. The van der Waals surface area contributed by atoms with Crippen LogP contribution in [0.3, 0.4) is 0 Å². The zero-order valence-electron chi connectivity index (χ0n) is 21.0. The highest BCUT2D eigenvalue weighted by Crippen LogP contribution is 2.53. The summed E-state index contributed by atoms with van der Waals surface area (Å²) < 4.78 is 5.62. The van der Waals surface area contributed by atoms with Crippen LogP contribution in [0.25, 0.3) is 0 Å². The van der Waals surface area contributed by atoms with Gasteiger partial charge in [-0.1, -0.05) is 33.8 Å². The summed E-state index contributed by atoms with van der Waals surface area (Å²) in [5.41, 5.74) is 5.35. The zero-order chi connectivity index (χ0) is 22.3. The van der Waals surface area contributed by atoms with Crippen LogP contribution in [0.1, 0.15) is 71.3 Å². The molecule has 0 unspecified atom stereocenters. The minimum atomic E-state index is 0.412. The van der Waals surface area contributed by atoms with Crippen molar-refractivity contribution in [2.75, 3.05) is 68.8 Å². The third-order valence-corrected chi connectivity index (χ3v) is 8.31. The number of ether oxygens (including phenoxy) is 1. The molecule has 0 bridgehead atoms. The lowest BCUT2D eigenvalue weighted by atomic mass is 9.60. The number of anilines is 2. The van der Waals surface area contributed by atoms with E-state index in [2.05, 4.69) is 60.6 Å². The van der Waals surface area contributed by atoms with E-state index >= 15 is 0 Å². The van der Waals surface area contributed by atoms with Crippen LogP contribution in [0.5, 0.6) is 0 Å². The zero-order valence-corrected chi connectivity index (χ0v) is 21.0. The fourth-order valence-electron chi connectivity index (χ4n) is 7.07. The number of benzene rings is 1. The highest BCUT2D eigenvalue weighted by Gasteiger charge is 2.40. The fourth-order valence-corrected chi connectivity index (χ4v) is 7.07. The van der Waals surface area contributed by atoms with Gasteiger partial charge in [0.25, 0.3) is 0 Å². The molecule has 0 radical (unpaired) electrons. The number of hydrogen-bond acceptors (Lipinski definition) is 4. The van der Waals surface area contributed by atoms with Crippen molar-refractivity contribution in [3.05, 3.63) is 23.8 Å². The summed E-state index contributed by atoms with van der Waals surface area (Å²) in [6, 6.07) is 7.44. The largest absolute Gasteiger partial charge is 0.378 e. The van der Waals surface area contributed by atoms with Crippen LogP contribution in [0.4, 0.5) is 11.4 Å². The number of rotatable bonds is 5. The van der Waals surface area contributed by atoms with Crippen LogP contribution in [0.15, 0.2) is 18.2 Å². The Morgan fingerprint density at radius 2 is 1.50 bits per heavy atom. The first-order valence-corrected chi connectivity index (χ1v) is 13.2. The first-order valence-electron chi connectivity index (χ1n) is 13.2. The molecule has 0 aromatic heterocycles. The first kappa shape index (κ1) is 22.5. The molecular weight excluding hydrogens is 394 g/mol. The molecule has 4 aliphatic rings. The van der Waals surface area contributed by atoms with Crippen LogP contribution in [-0.2, 0) is 4.74 Å². The van der Waals surface area contributed by atoms with Gasteiger partial charge in [-0.25, -0.2) is 0 Å². The summed E-state index contributed by atoms with van der Waals surface area (Å²) in [4.78, 5) is 7.96. The van der Waals surface area contributed by atoms with E-state index in [0.29, 0.717) is 16.7 Å². The number of nitrogens with zero attached hydrogens (tertiary/aromatic N) is 3. The summed E-state index contributed by atoms with van der Waals surface area (Å²) in [6.45, 7) is 19.8. The maximum atomic E-state index is 5.62. The van der Waals surface area contributed by atoms with Gasteiger partial charge < -0.3 is 14.5 Å². The molecule has 0 N–H and O–H groups in total. The van der Waals surface area contributed by atoms with Gasteiger partial charge in [0.05, 0.1) is 13.2 Å². The van der Waals surface area contributed by atoms with Gasteiger partial charge in [0.2, 0.25) is 0 Å². The van der Waals surface area contributed by atoms with E-state index in [4.69, 9.17) is 4.74 Å². The topological polar surface area (TPSA) is 19.0 Å². The monoisotopic (exact) mass is 439 g/mol. The summed E-state index contributed by atoms with van der Waals surface area (Å²) in [5, 5.41) is 0. The Kier molecular flexibility index (Phi) is 6.22. The molecule has 2 aliphatic carbocycles. The van der Waals surface area contributed by atoms with E-state index < -0.39 is 0 Å². The Hall–Kier alpha value is -1.26. The van der Waals surface area contributed by atoms with Crippen LogP contribution in [0.2, 0.25) is 0 Å². The minimum absolute atomic E-state index is 0.412. The van der Waals surface area contributed by atoms with E-state index in [1.807, 2.05) is 0 Å². The van der Waals surface area contributed by atoms with Gasteiger partial charge in [0.15, 0.2) is 0 Å². The van der Waals surface area contributed by atoms with Gasteiger partial charge in [-0.3, -0.25) is 4.90 Å². The van der Waals surface area contributed by atoms with Crippen molar-refractivity contribution in [3.8, 4) is 0 Å². The van der Waals surface area contributed by atoms with Gasteiger partial charge in [0.1, 0.15) is 0 Å². The van der Waals surface area contributed by atoms with Crippen LogP contribution in [0, 0.1) is 16.7 Å². The van der Waals surface area contributed by atoms with E-state index in [0.717, 1.165) is 32.2 Å². The second kappa shape index (κ2) is 8.83. The van der Waals surface area contributed by atoms with Crippen LogP contribution >= 0.6 is 0 Å². The lowest BCUT2D eigenvalue weighted by molar-refractivity contribution is 0.0969. The Labute approximate surface area is 196 Å². The van der Waals surface area contributed by atoms with Gasteiger partial charge in [-0.15, -0.1) is 0 Å². The second-order valence-electron chi connectivity index (χ2n) is 12.7. The maximum Gasteiger partial charge on any atom is 0.0642 e. The minimum Gasteiger partial charge on any atom is -0.378 e. The highest BCUT2D eigenvalue weighted by molar-refractivity contribution is 5.65. The average molecular weight is 440 g/mol. The van der Waals surface area contributed by atoms with Crippen molar-refractivity contribution in [1.82, 2.24) is 4.90 Å². The van der Waals surface area contributed by atoms with Crippen LogP contribution < -0.4 is 9.80 Å². The molecule has 4 fully saturated rings. The Bertz CT molecular complexity index is 770. The summed E-state index contributed by atoms with van der Waals surface area (Å²) in [7, 11) is 0. The molecule has 0 amide bonds. The van der Waals surface area contributed by atoms with Crippen molar-refractivity contribution < 1.29 is 4.74 Å². The molecule has 2 aliphatic heterocycles. The predicted octanol–water partition coefficient (Wildman–Crippen LogP) is 5.38. The summed E-state index contributed by atoms with van der Waals surface area (Å²) >= 11 is 0. The van der Waals surface area contributed by atoms with Gasteiger partial charge >= 0.3 is 0 Å². The quantitative estimate of drug-likeness (QED) is 0.613. The van der Waals surface area contributed by atoms with Gasteiger partial charge in [0, 0.05) is 57.2 Å². The SMILES string of the molecule is CC1(C)CC(c2ccc(N3CCOCC3)cc2N2CCN(CC3CC3)CC2)CC(C)(C)C1. The van der Waals surface area contributed by atoms with Crippen molar-refractivity contribution in [1.29, 1.82) is 0 Å². The lowest BCUT2D eigenvalue weighted by Gasteiger charge is -2.46. The molecule has 32 heavy (non-hydrogen) atoms. The van der Waals surface area contributed by atoms with E-state index in [-0.39, 0.29) is 0 Å². The standard InChI is InChI=1S/C28H45N3O/c1-27(2)18-23(19-28(3,4)21-27)25-8-7-24(30-13-15-32-16-14-30)17-26(25)31-11-9-29(10-12-31)20-22-5-6-22/h7-8,17,22-23H,5-6,9-16,18-21H2,1-4H3. The highest BCUT2D eigenvalue weighted by atomic mass is 16.5. The van der Waals surface area contributed by atoms with Crippen molar-refractivity contribution >= 4 is 11.4 Å². The second-order valence-corrected chi connectivity index (χ2v) is 12.7. The van der Waals surface area contributed by atoms with Crippen LogP contribution in [-0.4, -0.2) is 63.9 Å². The molecule has 0 atom stereocenters. The molecule has 1 aromatic carbocycles. The van der Waals surface area contributed by atoms with Crippen molar-refractivity contribution in [2.45, 2.75) is 65.7 Å². The molecule has 2 saturated heterocycles. The smallest absolute Gasteiger partial charge is 0.0642 e. The number of hydrogen-bond donors (Lipinski definition) is 0. The normalized spacial score (nSPS) is 27.0. The van der Waals surface area contributed by atoms with Crippen molar-refractivity contribution in [2.24, 2.45) is 16.7 Å². The third-order valence-electron chi connectivity index (χ3n) is 8.31.